The zero-order chi connectivity index (χ0) is 17.8. The second-order valence-corrected chi connectivity index (χ2v) is 6.16. The number of unbranched alkanes of at least 4 members (excludes halogenated alkanes) is 3. The average molecular weight is 336 g/mol. The number of nitrogens with zero attached hydrogens (tertiary/aromatic N) is 1. The molecule has 0 aliphatic carbocycles. The van der Waals surface area contributed by atoms with Crippen LogP contribution in [0.25, 0.3) is 0 Å². The molecule has 0 bridgehead atoms. The molecule has 0 radical (unpaired) electrons. The fourth-order valence-electron chi connectivity index (χ4n) is 2.41. The Morgan fingerprint density at radius 1 is 1.17 bits per heavy atom. The van der Waals surface area contributed by atoms with Crippen LogP contribution >= 0.6 is 0 Å². The molecule has 0 fully saturated rings. The highest BCUT2D eigenvalue weighted by Gasteiger charge is 2.33. The van der Waals surface area contributed by atoms with Crippen molar-refractivity contribution in [3.05, 3.63) is 18.3 Å². The lowest BCUT2D eigenvalue weighted by Crippen LogP contribution is -2.42. The topological polar surface area (TPSA) is 60.5 Å². The van der Waals surface area contributed by atoms with E-state index in [2.05, 4.69) is 24.1 Å². The van der Waals surface area contributed by atoms with Gasteiger partial charge in [0, 0.05) is 12.7 Å². The normalized spacial score (nSPS) is 13.3. The summed E-state index contributed by atoms with van der Waals surface area (Å²) in [6.45, 7) is 9.21. The van der Waals surface area contributed by atoms with Crippen molar-refractivity contribution in [2.24, 2.45) is 0 Å². The molecule has 136 valence electrons. The summed E-state index contributed by atoms with van der Waals surface area (Å²) in [7, 11) is 0. The molecule has 1 rings (SSSR count). The van der Waals surface area contributed by atoms with E-state index in [9.17, 15) is 4.79 Å². The molecule has 0 saturated heterocycles. The number of carbonyl (C=O) groups excluding carboxylic acids is 1. The van der Waals surface area contributed by atoms with Crippen LogP contribution in [0.4, 0.5) is 5.69 Å². The molecular formula is C19H32N2O3. The first-order valence-electron chi connectivity index (χ1n) is 9.10. The first kappa shape index (κ1) is 20.4. The van der Waals surface area contributed by atoms with Crippen LogP contribution < -0.4 is 10.1 Å². The van der Waals surface area contributed by atoms with Crippen molar-refractivity contribution >= 4 is 11.6 Å². The standard InChI is InChI=1S/C19H32N2O3/c1-5-8-10-13-19(4,24-7-3)18(22)21-16-11-12-17(20-15-16)23-14-9-6-2/h11-12,15H,5-10,13-14H2,1-4H3,(H,21,22). The highest BCUT2D eigenvalue weighted by molar-refractivity contribution is 5.96. The predicted molar refractivity (Wildman–Crippen MR) is 97.4 cm³/mol. The minimum absolute atomic E-state index is 0.123. The van der Waals surface area contributed by atoms with Crippen molar-refractivity contribution in [3.63, 3.8) is 0 Å². The van der Waals surface area contributed by atoms with Crippen molar-refractivity contribution in [1.82, 2.24) is 4.98 Å². The van der Waals surface area contributed by atoms with Crippen molar-refractivity contribution < 1.29 is 14.3 Å². The maximum Gasteiger partial charge on any atom is 0.256 e. The second-order valence-electron chi connectivity index (χ2n) is 6.16. The number of nitrogens with one attached hydrogen (secondary N) is 1. The summed E-state index contributed by atoms with van der Waals surface area (Å²) in [5.41, 5.74) is -0.149. The van der Waals surface area contributed by atoms with Gasteiger partial charge in [0.15, 0.2) is 0 Å². The number of hydrogen-bond donors (Lipinski definition) is 1. The van der Waals surface area contributed by atoms with Crippen molar-refractivity contribution in [2.45, 2.75) is 71.8 Å². The van der Waals surface area contributed by atoms with Crippen molar-refractivity contribution in [2.75, 3.05) is 18.5 Å². The molecule has 1 aromatic rings. The lowest BCUT2D eigenvalue weighted by atomic mass is 9.96. The minimum atomic E-state index is -0.805. The molecule has 5 nitrogen and oxygen atoms in total. The Morgan fingerprint density at radius 3 is 2.50 bits per heavy atom. The molecule has 24 heavy (non-hydrogen) atoms. The fourth-order valence-corrected chi connectivity index (χ4v) is 2.41. The van der Waals surface area contributed by atoms with Crippen LogP contribution in [-0.4, -0.2) is 29.7 Å². The van der Waals surface area contributed by atoms with Gasteiger partial charge in [-0.2, -0.15) is 0 Å². The summed E-state index contributed by atoms with van der Waals surface area (Å²) in [4.78, 5) is 16.8. The Balaban J connectivity index is 2.62. The van der Waals surface area contributed by atoms with Crippen LogP contribution in [0.3, 0.4) is 0 Å². The van der Waals surface area contributed by atoms with Gasteiger partial charge in [-0.05, 0) is 32.8 Å². The zero-order valence-corrected chi connectivity index (χ0v) is 15.6. The van der Waals surface area contributed by atoms with Crippen LogP contribution in [-0.2, 0) is 9.53 Å². The second kappa shape index (κ2) is 11.0. The summed E-state index contributed by atoms with van der Waals surface area (Å²) in [5.74, 6) is 0.457. The Morgan fingerprint density at radius 2 is 1.92 bits per heavy atom. The van der Waals surface area contributed by atoms with Gasteiger partial charge in [-0.3, -0.25) is 4.79 Å². The zero-order valence-electron chi connectivity index (χ0n) is 15.6. The molecule has 1 atom stereocenters. The molecular weight excluding hydrogens is 304 g/mol. The summed E-state index contributed by atoms with van der Waals surface area (Å²) < 4.78 is 11.3. The quantitative estimate of drug-likeness (QED) is 0.568. The van der Waals surface area contributed by atoms with E-state index < -0.39 is 5.60 Å². The van der Waals surface area contributed by atoms with Gasteiger partial charge >= 0.3 is 0 Å². The summed E-state index contributed by atoms with van der Waals surface area (Å²) in [6.07, 6.45) is 7.62. The third kappa shape index (κ3) is 6.87. The number of ether oxygens (including phenoxy) is 2. The highest BCUT2D eigenvalue weighted by atomic mass is 16.5. The van der Waals surface area contributed by atoms with Gasteiger partial charge in [0.2, 0.25) is 5.88 Å². The number of amides is 1. The maximum absolute atomic E-state index is 12.6. The molecule has 1 aromatic heterocycles. The molecule has 0 saturated carbocycles. The largest absolute Gasteiger partial charge is 0.478 e. The molecule has 0 aromatic carbocycles. The summed E-state index contributed by atoms with van der Waals surface area (Å²) in [5, 5.41) is 2.91. The van der Waals surface area contributed by atoms with Gasteiger partial charge in [-0.1, -0.05) is 39.5 Å². The predicted octanol–water partition coefficient (Wildman–Crippen LogP) is 4.57. The van der Waals surface area contributed by atoms with Crippen molar-refractivity contribution in [1.29, 1.82) is 0 Å². The molecule has 0 spiro atoms. The summed E-state index contributed by atoms with van der Waals surface area (Å²) in [6, 6.07) is 3.59. The van der Waals surface area contributed by atoms with E-state index in [1.165, 1.54) is 0 Å². The van der Waals surface area contributed by atoms with Gasteiger partial charge in [0.05, 0.1) is 18.5 Å². The van der Waals surface area contributed by atoms with E-state index >= 15 is 0 Å². The molecule has 1 heterocycles. The average Bonchev–Trinajstić information content (AvgIpc) is 2.57. The highest BCUT2D eigenvalue weighted by Crippen LogP contribution is 2.22. The van der Waals surface area contributed by atoms with Crippen LogP contribution in [0.2, 0.25) is 0 Å². The molecule has 1 unspecified atom stereocenters. The SMILES string of the molecule is CCCCCC(C)(OCC)C(=O)Nc1ccc(OCCCC)nc1. The van der Waals surface area contributed by atoms with Gasteiger partial charge in [-0.25, -0.2) is 4.98 Å². The Kier molecular flexibility index (Phi) is 9.38. The van der Waals surface area contributed by atoms with E-state index in [4.69, 9.17) is 9.47 Å². The molecule has 0 aliphatic rings. The smallest absolute Gasteiger partial charge is 0.256 e. The van der Waals surface area contributed by atoms with Gasteiger partial charge in [-0.15, -0.1) is 0 Å². The molecule has 0 aliphatic heterocycles. The Labute approximate surface area is 146 Å². The maximum atomic E-state index is 12.6. The summed E-state index contributed by atoms with van der Waals surface area (Å²) >= 11 is 0. The number of anilines is 1. The lowest BCUT2D eigenvalue weighted by molar-refractivity contribution is -0.139. The fraction of sp³-hybridized carbons (Fsp3) is 0.684. The van der Waals surface area contributed by atoms with E-state index in [0.29, 0.717) is 31.2 Å². The van der Waals surface area contributed by atoms with E-state index in [-0.39, 0.29) is 5.91 Å². The number of hydrogen-bond acceptors (Lipinski definition) is 4. The number of rotatable bonds is 12. The number of aromatic nitrogens is 1. The van der Waals surface area contributed by atoms with Crippen LogP contribution in [0.1, 0.15) is 66.2 Å². The Bertz CT molecular complexity index is 476. The monoisotopic (exact) mass is 336 g/mol. The molecule has 1 N–H and O–H groups in total. The molecule has 5 heteroatoms. The first-order valence-corrected chi connectivity index (χ1v) is 9.10. The first-order chi connectivity index (χ1) is 11.6. The number of carbonyl (C=O) groups is 1. The third-order valence-corrected chi connectivity index (χ3v) is 3.94. The lowest BCUT2D eigenvalue weighted by Gasteiger charge is -2.28. The van der Waals surface area contributed by atoms with Gasteiger partial charge < -0.3 is 14.8 Å². The van der Waals surface area contributed by atoms with Crippen molar-refractivity contribution in [3.8, 4) is 5.88 Å². The number of pyridine rings is 1. The van der Waals surface area contributed by atoms with Gasteiger partial charge in [0.25, 0.3) is 5.91 Å². The van der Waals surface area contributed by atoms with Crippen LogP contribution in [0.5, 0.6) is 5.88 Å². The van der Waals surface area contributed by atoms with Crippen LogP contribution in [0.15, 0.2) is 18.3 Å². The third-order valence-electron chi connectivity index (χ3n) is 3.94. The van der Waals surface area contributed by atoms with Crippen LogP contribution in [0, 0.1) is 0 Å². The van der Waals surface area contributed by atoms with Gasteiger partial charge in [0.1, 0.15) is 5.60 Å². The Hall–Kier alpha value is -1.62. The van der Waals surface area contributed by atoms with E-state index in [0.717, 1.165) is 32.1 Å². The van der Waals surface area contributed by atoms with E-state index in [1.54, 1.807) is 12.3 Å². The minimum Gasteiger partial charge on any atom is -0.478 e. The molecule has 1 amide bonds. The van der Waals surface area contributed by atoms with E-state index in [1.807, 2.05) is 19.9 Å².